The molecule has 0 amide bonds. The van der Waals surface area contributed by atoms with Crippen molar-refractivity contribution in [2.45, 2.75) is 95.0 Å². The third-order valence-corrected chi connectivity index (χ3v) is 6.45. The summed E-state index contributed by atoms with van der Waals surface area (Å²) in [5.74, 6) is 2.08. The van der Waals surface area contributed by atoms with E-state index in [0.29, 0.717) is 0 Å². The molecule has 0 bridgehead atoms. The van der Waals surface area contributed by atoms with Crippen LogP contribution in [-0.2, 0) is 13.0 Å². The Morgan fingerprint density at radius 3 is 1.92 bits per heavy atom. The highest BCUT2D eigenvalue weighted by Crippen LogP contribution is 2.18. The number of aryl methyl sites for hydroxylation is 6. The lowest BCUT2D eigenvalue weighted by molar-refractivity contribution is 0.514. The zero-order valence-electron chi connectivity index (χ0n) is 24.5. The van der Waals surface area contributed by atoms with Gasteiger partial charge in [-0.1, -0.05) is 33.8 Å². The Bertz CT molecular complexity index is 1310. The molecule has 0 aliphatic carbocycles. The van der Waals surface area contributed by atoms with Crippen LogP contribution in [0.25, 0.3) is 11.4 Å². The van der Waals surface area contributed by atoms with Crippen LogP contribution in [0.4, 0.5) is 0 Å². The molecule has 0 saturated heterocycles. The smallest absolute Gasteiger partial charge is 0.234 e. The van der Waals surface area contributed by atoms with E-state index in [0.717, 1.165) is 28.5 Å². The summed E-state index contributed by atoms with van der Waals surface area (Å²) in [5, 5.41) is 0. The lowest BCUT2D eigenvalue weighted by Crippen LogP contribution is -2.11. The maximum atomic E-state index is 4.51. The van der Waals surface area contributed by atoms with Gasteiger partial charge in [-0.2, -0.15) is 0 Å². The van der Waals surface area contributed by atoms with Gasteiger partial charge in [0.05, 0.1) is 17.1 Å². The first kappa shape index (κ1) is 29.7. The molecule has 1 aliphatic rings. The molecule has 5 aromatic heterocycles. The minimum atomic E-state index is 0.780. The second kappa shape index (κ2) is 14.3. The SMILES string of the molecule is CC.CC.Cc1nc2ccccn2c1C.Cc1nc2n(c1C)CCCC2.Cc1nc2ncccn2c1C. The van der Waals surface area contributed by atoms with Crippen molar-refractivity contribution >= 4 is 11.4 Å². The summed E-state index contributed by atoms with van der Waals surface area (Å²) in [6.07, 6.45) is 9.57. The Kier molecular flexibility index (Phi) is 11.5. The summed E-state index contributed by atoms with van der Waals surface area (Å²) in [6, 6.07) is 7.93. The van der Waals surface area contributed by atoms with Crippen LogP contribution in [-0.4, -0.2) is 33.3 Å². The maximum absolute atomic E-state index is 4.51. The van der Waals surface area contributed by atoms with Gasteiger partial charge in [0.15, 0.2) is 0 Å². The molecule has 0 spiro atoms. The summed E-state index contributed by atoms with van der Waals surface area (Å²) in [5.41, 5.74) is 8.14. The van der Waals surface area contributed by atoms with E-state index in [-0.39, 0.29) is 0 Å². The van der Waals surface area contributed by atoms with Crippen LogP contribution in [0, 0.1) is 41.5 Å². The third-order valence-electron chi connectivity index (χ3n) is 6.45. The van der Waals surface area contributed by atoms with Crippen LogP contribution in [0.15, 0.2) is 42.9 Å². The van der Waals surface area contributed by atoms with E-state index in [1.165, 1.54) is 48.7 Å². The van der Waals surface area contributed by atoms with Crippen LogP contribution in [0.5, 0.6) is 0 Å². The van der Waals surface area contributed by atoms with Crippen LogP contribution >= 0.6 is 0 Å². The van der Waals surface area contributed by atoms with E-state index in [1.54, 1.807) is 6.20 Å². The van der Waals surface area contributed by atoms with Crippen LogP contribution in [0.1, 0.15) is 80.5 Å². The Morgan fingerprint density at radius 2 is 1.27 bits per heavy atom. The standard InChI is InChI=1S/C9H14N2.C9H10N2.C8H9N3.2C2H6/c2*1-7-8(2)11-6-4-3-5-9(11)10-7;1-6-7(2)11-5-3-4-9-8(11)10-6;2*1-2/h3-6H2,1-2H3;3-6H,1-2H3;3-5H,1-2H3;2*1-2H3. The minimum Gasteiger partial charge on any atom is -0.332 e. The molecular weight excluding hydrogens is 458 g/mol. The quantitative estimate of drug-likeness (QED) is 0.224. The molecule has 6 heterocycles. The first-order chi connectivity index (χ1) is 17.9. The summed E-state index contributed by atoms with van der Waals surface area (Å²) >= 11 is 0. The number of rotatable bonds is 0. The minimum absolute atomic E-state index is 0.780. The molecule has 0 fully saturated rings. The molecule has 0 aromatic carbocycles. The van der Waals surface area contributed by atoms with Gasteiger partial charge in [0.2, 0.25) is 5.78 Å². The van der Waals surface area contributed by atoms with Gasteiger partial charge >= 0.3 is 0 Å². The van der Waals surface area contributed by atoms with Gasteiger partial charge in [-0.15, -0.1) is 0 Å². The van der Waals surface area contributed by atoms with E-state index >= 15 is 0 Å². The third kappa shape index (κ3) is 7.06. The molecule has 0 unspecified atom stereocenters. The number of aromatic nitrogens is 7. The summed E-state index contributed by atoms with van der Waals surface area (Å²) in [7, 11) is 0. The summed E-state index contributed by atoms with van der Waals surface area (Å²) in [4.78, 5) is 17.3. The molecular formula is C30H45N7. The van der Waals surface area contributed by atoms with Crippen LogP contribution in [0.3, 0.4) is 0 Å². The summed E-state index contributed by atoms with van der Waals surface area (Å²) in [6.45, 7) is 21.6. The van der Waals surface area contributed by atoms with Crippen LogP contribution < -0.4 is 0 Å². The van der Waals surface area contributed by atoms with E-state index in [4.69, 9.17) is 0 Å². The fourth-order valence-corrected chi connectivity index (χ4v) is 4.11. The maximum Gasteiger partial charge on any atom is 0.234 e. The molecule has 6 rings (SSSR count). The van der Waals surface area contributed by atoms with Gasteiger partial charge in [-0.3, -0.25) is 4.40 Å². The predicted molar refractivity (Wildman–Crippen MR) is 154 cm³/mol. The molecule has 0 N–H and O–H groups in total. The first-order valence-corrected chi connectivity index (χ1v) is 13.6. The van der Waals surface area contributed by atoms with Crippen molar-refractivity contribution in [3.8, 4) is 0 Å². The number of imidazole rings is 3. The van der Waals surface area contributed by atoms with Gasteiger partial charge in [-0.05, 0) is 72.6 Å². The molecule has 7 heteroatoms. The van der Waals surface area contributed by atoms with Crippen molar-refractivity contribution in [3.05, 3.63) is 82.8 Å². The van der Waals surface area contributed by atoms with Crippen molar-refractivity contribution in [3.63, 3.8) is 0 Å². The Morgan fingerprint density at radius 1 is 0.649 bits per heavy atom. The predicted octanol–water partition coefficient (Wildman–Crippen LogP) is 7.19. The fraction of sp³-hybridized carbons (Fsp3) is 0.467. The zero-order valence-corrected chi connectivity index (χ0v) is 24.5. The lowest BCUT2D eigenvalue weighted by atomic mass is 10.2. The van der Waals surface area contributed by atoms with Crippen molar-refractivity contribution in [2.24, 2.45) is 0 Å². The van der Waals surface area contributed by atoms with Gasteiger partial charge in [-0.25, -0.2) is 19.9 Å². The molecule has 1 aliphatic heterocycles. The number of nitrogens with zero attached hydrogens (tertiary/aromatic N) is 7. The van der Waals surface area contributed by atoms with Crippen molar-refractivity contribution in [1.29, 1.82) is 0 Å². The topological polar surface area (TPSA) is 65.3 Å². The van der Waals surface area contributed by atoms with E-state index in [1.807, 2.05) is 89.5 Å². The largest absolute Gasteiger partial charge is 0.332 e. The second-order valence-electron chi connectivity index (χ2n) is 8.59. The second-order valence-corrected chi connectivity index (χ2v) is 8.59. The Balaban J connectivity index is 0.000000183. The summed E-state index contributed by atoms with van der Waals surface area (Å²) < 4.78 is 6.43. The number of hydrogen-bond donors (Lipinski definition) is 0. The molecule has 7 nitrogen and oxygen atoms in total. The Labute approximate surface area is 222 Å². The molecule has 37 heavy (non-hydrogen) atoms. The monoisotopic (exact) mass is 503 g/mol. The van der Waals surface area contributed by atoms with E-state index in [9.17, 15) is 0 Å². The zero-order chi connectivity index (χ0) is 27.5. The lowest BCUT2D eigenvalue weighted by Gasteiger charge is -2.14. The molecule has 200 valence electrons. The molecule has 5 aromatic rings. The number of pyridine rings is 1. The van der Waals surface area contributed by atoms with Gasteiger partial charge < -0.3 is 8.97 Å². The van der Waals surface area contributed by atoms with E-state index in [2.05, 4.69) is 49.7 Å². The molecule has 0 radical (unpaired) electrons. The Hall–Kier alpha value is -3.48. The normalized spacial score (nSPS) is 11.6. The highest BCUT2D eigenvalue weighted by atomic mass is 15.1. The van der Waals surface area contributed by atoms with Gasteiger partial charge in [0.25, 0.3) is 0 Å². The molecule has 0 saturated carbocycles. The number of hydrogen-bond acceptors (Lipinski definition) is 4. The van der Waals surface area contributed by atoms with Crippen molar-refractivity contribution in [1.82, 2.24) is 33.3 Å². The van der Waals surface area contributed by atoms with Crippen LogP contribution in [0.2, 0.25) is 0 Å². The van der Waals surface area contributed by atoms with Gasteiger partial charge in [0, 0.05) is 48.6 Å². The molecule has 0 atom stereocenters. The van der Waals surface area contributed by atoms with E-state index < -0.39 is 0 Å². The average Bonchev–Trinajstić information content (AvgIpc) is 3.52. The fourth-order valence-electron chi connectivity index (χ4n) is 4.11. The highest BCUT2D eigenvalue weighted by Gasteiger charge is 2.13. The van der Waals surface area contributed by atoms with Crippen molar-refractivity contribution < 1.29 is 0 Å². The first-order valence-electron chi connectivity index (χ1n) is 13.6. The van der Waals surface area contributed by atoms with Gasteiger partial charge in [0.1, 0.15) is 11.5 Å². The highest BCUT2D eigenvalue weighted by molar-refractivity contribution is 5.42. The van der Waals surface area contributed by atoms with Crippen molar-refractivity contribution in [2.75, 3.05) is 0 Å². The number of fused-ring (bicyclic) bond motifs is 3. The average molecular weight is 504 g/mol.